The second-order valence-corrected chi connectivity index (χ2v) is 4.80. The van der Waals surface area contributed by atoms with E-state index in [1.54, 1.807) is 0 Å². The maximum absolute atomic E-state index is 12.2. The van der Waals surface area contributed by atoms with Crippen LogP contribution in [0.5, 0.6) is 0 Å². The number of aromatic nitrogens is 4. The Kier molecular flexibility index (Phi) is 2.98. The zero-order valence-corrected chi connectivity index (χ0v) is 10.7. The van der Waals surface area contributed by atoms with E-state index in [1.165, 1.54) is 17.5 Å². The van der Waals surface area contributed by atoms with Crippen molar-refractivity contribution >= 4 is 5.91 Å². The van der Waals surface area contributed by atoms with Gasteiger partial charge in [0.25, 0.3) is 5.91 Å². The lowest BCUT2D eigenvalue weighted by Gasteiger charge is -2.10. The van der Waals surface area contributed by atoms with Gasteiger partial charge in [0.15, 0.2) is 5.82 Å². The van der Waals surface area contributed by atoms with E-state index in [0.717, 1.165) is 12.8 Å². The summed E-state index contributed by atoms with van der Waals surface area (Å²) in [6.45, 7) is 1.83. The molecule has 1 atom stereocenters. The summed E-state index contributed by atoms with van der Waals surface area (Å²) in [5.41, 5.74) is 3.35. The van der Waals surface area contributed by atoms with E-state index in [9.17, 15) is 4.79 Å². The molecule has 1 aromatic heterocycles. The minimum Gasteiger partial charge on any atom is -0.342 e. The average molecular weight is 257 g/mol. The summed E-state index contributed by atoms with van der Waals surface area (Å²) in [5.74, 6) is 0.376. The molecule has 1 aliphatic carbocycles. The number of nitrogens with zero attached hydrogens (tertiary/aromatic N) is 3. The van der Waals surface area contributed by atoms with Crippen molar-refractivity contribution in [2.24, 2.45) is 0 Å². The fourth-order valence-corrected chi connectivity index (χ4v) is 2.41. The van der Waals surface area contributed by atoms with Crippen molar-refractivity contribution in [2.45, 2.75) is 32.2 Å². The number of fused-ring (bicyclic) bond motifs is 1. The first-order chi connectivity index (χ1) is 9.24. The van der Waals surface area contributed by atoms with Crippen molar-refractivity contribution in [2.75, 3.05) is 0 Å². The first-order valence-corrected chi connectivity index (χ1v) is 6.40. The van der Waals surface area contributed by atoms with E-state index in [1.807, 2.05) is 19.1 Å². The number of aromatic amines is 1. The fourth-order valence-electron chi connectivity index (χ4n) is 2.41. The quantitative estimate of drug-likeness (QED) is 0.864. The molecule has 1 amide bonds. The summed E-state index contributed by atoms with van der Waals surface area (Å²) in [5, 5.41) is 16.4. The minimum atomic E-state index is -0.264. The standard InChI is InChI=1S/C13H15N5O/c1-8(12-15-17-18-16-12)14-13(19)11-6-5-9-3-2-4-10(9)7-11/h5-8H,2-4H2,1H3,(H,14,19)(H,15,16,17,18). The van der Waals surface area contributed by atoms with Crippen LogP contribution in [0.4, 0.5) is 0 Å². The number of carbonyl (C=O) groups is 1. The molecule has 98 valence electrons. The van der Waals surface area contributed by atoms with Crippen LogP contribution >= 0.6 is 0 Å². The lowest BCUT2D eigenvalue weighted by atomic mass is 10.1. The van der Waals surface area contributed by atoms with Crippen LogP contribution in [-0.2, 0) is 12.8 Å². The molecule has 6 heteroatoms. The number of hydrogen-bond donors (Lipinski definition) is 2. The molecule has 2 aromatic rings. The highest BCUT2D eigenvalue weighted by Gasteiger charge is 2.17. The molecule has 0 aliphatic heterocycles. The van der Waals surface area contributed by atoms with Crippen LogP contribution in [0.25, 0.3) is 0 Å². The molecule has 3 rings (SSSR count). The van der Waals surface area contributed by atoms with Gasteiger partial charge in [0.2, 0.25) is 0 Å². The van der Waals surface area contributed by atoms with Crippen molar-refractivity contribution in [1.29, 1.82) is 0 Å². The van der Waals surface area contributed by atoms with Gasteiger partial charge < -0.3 is 5.32 Å². The number of H-pyrrole nitrogens is 1. The second kappa shape index (κ2) is 4.79. The Bertz CT molecular complexity index is 593. The molecule has 1 unspecified atom stereocenters. The summed E-state index contributed by atoms with van der Waals surface area (Å²) in [7, 11) is 0. The van der Waals surface area contributed by atoms with Crippen molar-refractivity contribution < 1.29 is 4.79 Å². The number of tetrazole rings is 1. The molecule has 1 aromatic carbocycles. The van der Waals surface area contributed by atoms with Gasteiger partial charge in [-0.15, -0.1) is 10.2 Å². The highest BCUT2D eigenvalue weighted by molar-refractivity contribution is 5.94. The maximum Gasteiger partial charge on any atom is 0.251 e. The number of benzene rings is 1. The molecule has 0 saturated heterocycles. The number of carbonyl (C=O) groups excluding carboxylic acids is 1. The topological polar surface area (TPSA) is 83.6 Å². The van der Waals surface area contributed by atoms with Gasteiger partial charge in [0.1, 0.15) is 0 Å². The smallest absolute Gasteiger partial charge is 0.251 e. The summed E-state index contributed by atoms with van der Waals surface area (Å²) in [6.07, 6.45) is 3.37. The third-order valence-electron chi connectivity index (χ3n) is 3.46. The third kappa shape index (κ3) is 2.33. The lowest BCUT2D eigenvalue weighted by molar-refractivity contribution is 0.0938. The predicted molar refractivity (Wildman–Crippen MR) is 68.5 cm³/mol. The van der Waals surface area contributed by atoms with E-state index < -0.39 is 0 Å². The summed E-state index contributed by atoms with van der Waals surface area (Å²) >= 11 is 0. The Hall–Kier alpha value is -2.24. The van der Waals surface area contributed by atoms with Crippen molar-refractivity contribution in [3.63, 3.8) is 0 Å². The van der Waals surface area contributed by atoms with Gasteiger partial charge in [-0.25, -0.2) is 0 Å². The van der Waals surface area contributed by atoms with Crippen molar-refractivity contribution in [3.05, 3.63) is 40.7 Å². The zero-order valence-electron chi connectivity index (χ0n) is 10.7. The first-order valence-electron chi connectivity index (χ1n) is 6.40. The third-order valence-corrected chi connectivity index (χ3v) is 3.46. The van der Waals surface area contributed by atoms with E-state index in [0.29, 0.717) is 11.4 Å². The largest absolute Gasteiger partial charge is 0.342 e. The number of rotatable bonds is 3. The molecule has 0 radical (unpaired) electrons. The van der Waals surface area contributed by atoms with E-state index in [4.69, 9.17) is 0 Å². The molecule has 1 heterocycles. The zero-order chi connectivity index (χ0) is 13.2. The van der Waals surface area contributed by atoms with E-state index in [2.05, 4.69) is 32.0 Å². The van der Waals surface area contributed by atoms with Gasteiger partial charge in [0.05, 0.1) is 6.04 Å². The normalized spacial score (nSPS) is 15.0. The van der Waals surface area contributed by atoms with Crippen LogP contribution in [0.1, 0.15) is 46.7 Å². The van der Waals surface area contributed by atoms with Crippen LogP contribution < -0.4 is 5.32 Å². The molecule has 19 heavy (non-hydrogen) atoms. The van der Waals surface area contributed by atoms with Gasteiger partial charge in [0, 0.05) is 5.56 Å². The Morgan fingerprint density at radius 3 is 3.00 bits per heavy atom. The number of amides is 1. The second-order valence-electron chi connectivity index (χ2n) is 4.80. The number of aryl methyl sites for hydroxylation is 2. The molecule has 6 nitrogen and oxygen atoms in total. The predicted octanol–water partition coefficient (Wildman–Crippen LogP) is 1.18. The van der Waals surface area contributed by atoms with Gasteiger partial charge in [-0.2, -0.15) is 5.21 Å². The first kappa shape index (κ1) is 11.8. The monoisotopic (exact) mass is 257 g/mol. The molecule has 0 saturated carbocycles. The van der Waals surface area contributed by atoms with Gasteiger partial charge in [-0.05, 0) is 49.4 Å². The Labute approximate surface area is 110 Å². The van der Waals surface area contributed by atoms with Crippen LogP contribution in [0, 0.1) is 0 Å². The summed E-state index contributed by atoms with van der Waals surface area (Å²) in [4.78, 5) is 12.2. The molecular formula is C13H15N5O. The summed E-state index contributed by atoms with van der Waals surface area (Å²) in [6, 6.07) is 5.65. The molecule has 0 bridgehead atoms. The van der Waals surface area contributed by atoms with Crippen LogP contribution in [-0.4, -0.2) is 26.5 Å². The van der Waals surface area contributed by atoms with Crippen LogP contribution in [0.2, 0.25) is 0 Å². The highest BCUT2D eigenvalue weighted by Crippen LogP contribution is 2.23. The van der Waals surface area contributed by atoms with Crippen molar-refractivity contribution in [3.8, 4) is 0 Å². The van der Waals surface area contributed by atoms with E-state index in [-0.39, 0.29) is 11.9 Å². The van der Waals surface area contributed by atoms with E-state index >= 15 is 0 Å². The summed E-state index contributed by atoms with van der Waals surface area (Å²) < 4.78 is 0. The molecule has 2 N–H and O–H groups in total. The molecule has 0 fully saturated rings. The fraction of sp³-hybridized carbons (Fsp3) is 0.385. The van der Waals surface area contributed by atoms with Crippen molar-refractivity contribution in [1.82, 2.24) is 25.9 Å². The number of hydrogen-bond acceptors (Lipinski definition) is 4. The van der Waals surface area contributed by atoms with Gasteiger partial charge in [-0.3, -0.25) is 4.79 Å². The highest BCUT2D eigenvalue weighted by atomic mass is 16.1. The number of nitrogens with one attached hydrogen (secondary N) is 2. The SMILES string of the molecule is CC(NC(=O)c1ccc2c(c1)CCC2)c1nn[nH]n1. The molecular weight excluding hydrogens is 242 g/mol. The average Bonchev–Trinajstić information content (AvgIpc) is 3.09. The Balaban J connectivity index is 1.74. The maximum atomic E-state index is 12.2. The van der Waals surface area contributed by atoms with Crippen LogP contribution in [0.15, 0.2) is 18.2 Å². The van der Waals surface area contributed by atoms with Gasteiger partial charge in [-0.1, -0.05) is 11.3 Å². The molecule has 1 aliphatic rings. The molecule has 0 spiro atoms. The Morgan fingerprint density at radius 2 is 2.21 bits per heavy atom. The Morgan fingerprint density at radius 1 is 1.37 bits per heavy atom. The lowest BCUT2D eigenvalue weighted by Crippen LogP contribution is -2.27. The van der Waals surface area contributed by atoms with Gasteiger partial charge >= 0.3 is 0 Å². The minimum absolute atomic E-state index is 0.105. The van der Waals surface area contributed by atoms with Crippen LogP contribution in [0.3, 0.4) is 0 Å².